The average molecular weight is 422 g/mol. The average Bonchev–Trinajstić information content (AvgIpc) is 3.44. The second kappa shape index (κ2) is 7.27. The highest BCUT2D eigenvalue weighted by Crippen LogP contribution is 2.37. The normalized spacial score (nSPS) is 11.3. The van der Waals surface area contributed by atoms with E-state index in [0.29, 0.717) is 46.0 Å². The van der Waals surface area contributed by atoms with Gasteiger partial charge in [-0.2, -0.15) is 0 Å². The molecule has 8 nitrogen and oxygen atoms in total. The Labute approximate surface area is 175 Å². The zero-order chi connectivity index (χ0) is 20.7. The van der Waals surface area contributed by atoms with Crippen LogP contribution in [-0.4, -0.2) is 28.8 Å². The van der Waals surface area contributed by atoms with Gasteiger partial charge in [0.25, 0.3) is 5.19 Å². The topological polar surface area (TPSA) is 97.0 Å². The molecule has 3 heterocycles. The number of anilines is 1. The van der Waals surface area contributed by atoms with Crippen molar-refractivity contribution in [2.45, 2.75) is 6.61 Å². The predicted octanol–water partition coefficient (Wildman–Crippen LogP) is 4.38. The Morgan fingerprint density at radius 2 is 2.03 bits per heavy atom. The molecule has 0 saturated carbocycles. The van der Waals surface area contributed by atoms with Crippen LogP contribution in [0.1, 0.15) is 5.56 Å². The molecule has 152 valence electrons. The van der Waals surface area contributed by atoms with Crippen molar-refractivity contribution in [3.05, 3.63) is 54.2 Å². The van der Waals surface area contributed by atoms with Crippen molar-refractivity contribution in [3.63, 3.8) is 0 Å². The first-order chi connectivity index (χ1) is 14.6. The number of benzene rings is 2. The van der Waals surface area contributed by atoms with Gasteiger partial charge in [0.2, 0.25) is 4.96 Å². The van der Waals surface area contributed by atoms with Crippen LogP contribution in [0.2, 0.25) is 0 Å². The van der Waals surface area contributed by atoms with Crippen molar-refractivity contribution in [2.75, 3.05) is 20.0 Å². The maximum Gasteiger partial charge on any atom is 0.294 e. The Balaban J connectivity index is 1.51. The van der Waals surface area contributed by atoms with Gasteiger partial charge in [-0.05, 0) is 35.1 Å². The number of nitrogens with zero attached hydrogens (tertiary/aromatic N) is 3. The standard InChI is InChI=1S/C21H18N4O4S/c1-26-14-7-17(28-11-12-4-3-5-13(22)6-12)15-9-19(29-18(15)8-14)16-10-25-20(23-16)30-21(24-25)27-2/h3-10H,11,22H2,1-2H3. The molecule has 30 heavy (non-hydrogen) atoms. The highest BCUT2D eigenvalue weighted by atomic mass is 32.1. The van der Waals surface area contributed by atoms with Crippen LogP contribution >= 0.6 is 11.3 Å². The third-order valence-electron chi connectivity index (χ3n) is 4.61. The number of hydrogen-bond donors (Lipinski definition) is 1. The van der Waals surface area contributed by atoms with E-state index >= 15 is 0 Å². The molecule has 0 atom stereocenters. The van der Waals surface area contributed by atoms with E-state index in [4.69, 9.17) is 24.4 Å². The minimum atomic E-state index is 0.373. The summed E-state index contributed by atoms with van der Waals surface area (Å²) in [5.74, 6) is 1.91. The molecule has 0 bridgehead atoms. The highest BCUT2D eigenvalue weighted by Gasteiger charge is 2.17. The third kappa shape index (κ3) is 3.29. The molecule has 0 fully saturated rings. The summed E-state index contributed by atoms with van der Waals surface area (Å²) in [5.41, 5.74) is 8.86. The van der Waals surface area contributed by atoms with E-state index in [2.05, 4.69) is 10.1 Å². The van der Waals surface area contributed by atoms with Gasteiger partial charge in [-0.25, -0.2) is 9.50 Å². The number of nitrogens with two attached hydrogens (primary N) is 1. The van der Waals surface area contributed by atoms with Gasteiger partial charge in [0.15, 0.2) is 5.76 Å². The Hall–Kier alpha value is -3.72. The van der Waals surface area contributed by atoms with Gasteiger partial charge in [-0.1, -0.05) is 12.1 Å². The second-order valence-corrected chi connectivity index (χ2v) is 7.53. The molecule has 0 amide bonds. The zero-order valence-corrected chi connectivity index (χ0v) is 17.1. The number of ether oxygens (including phenoxy) is 3. The Morgan fingerprint density at radius 1 is 1.13 bits per heavy atom. The van der Waals surface area contributed by atoms with Crippen molar-refractivity contribution in [3.8, 4) is 28.1 Å². The largest absolute Gasteiger partial charge is 0.496 e. The quantitative estimate of drug-likeness (QED) is 0.406. The van der Waals surface area contributed by atoms with Crippen molar-refractivity contribution in [2.24, 2.45) is 0 Å². The monoisotopic (exact) mass is 422 g/mol. The number of rotatable bonds is 6. The van der Waals surface area contributed by atoms with E-state index in [9.17, 15) is 0 Å². The van der Waals surface area contributed by atoms with Crippen LogP contribution in [0.4, 0.5) is 5.69 Å². The first kappa shape index (κ1) is 18.3. The lowest BCUT2D eigenvalue weighted by molar-refractivity contribution is 0.307. The lowest BCUT2D eigenvalue weighted by atomic mass is 10.2. The predicted molar refractivity (Wildman–Crippen MR) is 114 cm³/mol. The Bertz CT molecular complexity index is 1320. The number of hydrogen-bond acceptors (Lipinski definition) is 8. The molecule has 0 spiro atoms. The number of aromatic nitrogens is 3. The van der Waals surface area contributed by atoms with E-state index in [1.54, 1.807) is 24.9 Å². The Kier molecular flexibility index (Phi) is 4.44. The van der Waals surface area contributed by atoms with Crippen molar-refractivity contribution in [1.82, 2.24) is 14.6 Å². The van der Waals surface area contributed by atoms with Gasteiger partial charge in [0.1, 0.15) is 29.4 Å². The molecule has 5 aromatic rings. The van der Waals surface area contributed by atoms with Gasteiger partial charge >= 0.3 is 0 Å². The zero-order valence-electron chi connectivity index (χ0n) is 16.3. The van der Waals surface area contributed by atoms with E-state index in [-0.39, 0.29) is 0 Å². The highest BCUT2D eigenvalue weighted by molar-refractivity contribution is 7.18. The summed E-state index contributed by atoms with van der Waals surface area (Å²) in [7, 11) is 3.19. The van der Waals surface area contributed by atoms with Gasteiger partial charge in [0.05, 0.1) is 25.8 Å². The van der Waals surface area contributed by atoms with Crippen LogP contribution < -0.4 is 19.9 Å². The summed E-state index contributed by atoms with van der Waals surface area (Å²) in [4.78, 5) is 5.30. The van der Waals surface area contributed by atoms with Crippen LogP contribution in [0.5, 0.6) is 16.7 Å². The lowest BCUT2D eigenvalue weighted by Crippen LogP contribution is -1.97. The summed E-state index contributed by atoms with van der Waals surface area (Å²) in [6, 6.07) is 13.2. The minimum absolute atomic E-state index is 0.373. The molecule has 5 rings (SSSR count). The first-order valence-corrected chi connectivity index (χ1v) is 9.94. The molecule has 2 N–H and O–H groups in total. The summed E-state index contributed by atoms with van der Waals surface area (Å²) in [5, 5.41) is 5.68. The minimum Gasteiger partial charge on any atom is -0.496 e. The number of fused-ring (bicyclic) bond motifs is 2. The van der Waals surface area contributed by atoms with E-state index < -0.39 is 0 Å². The van der Waals surface area contributed by atoms with Crippen molar-refractivity contribution in [1.29, 1.82) is 0 Å². The SMILES string of the molecule is COc1cc(OCc2cccc(N)c2)c2cc(-c3cn4nc(OC)sc4n3)oc2c1. The molecule has 0 unspecified atom stereocenters. The van der Waals surface area contributed by atoms with Crippen LogP contribution in [-0.2, 0) is 6.61 Å². The van der Waals surface area contributed by atoms with E-state index in [1.165, 1.54) is 11.3 Å². The number of furan rings is 1. The van der Waals surface area contributed by atoms with E-state index in [0.717, 1.165) is 15.9 Å². The van der Waals surface area contributed by atoms with Crippen molar-refractivity contribution < 1.29 is 18.6 Å². The molecule has 0 aliphatic carbocycles. The fraction of sp³-hybridized carbons (Fsp3) is 0.143. The molecular formula is C21H18N4O4S. The fourth-order valence-corrected chi connectivity index (χ4v) is 3.87. The van der Waals surface area contributed by atoms with E-state index in [1.807, 2.05) is 42.5 Å². The van der Waals surface area contributed by atoms with Crippen LogP contribution in [0, 0.1) is 0 Å². The molecule has 0 saturated heterocycles. The smallest absolute Gasteiger partial charge is 0.294 e. The maximum absolute atomic E-state index is 6.08. The van der Waals surface area contributed by atoms with Crippen molar-refractivity contribution >= 4 is 33.0 Å². The molecular weight excluding hydrogens is 404 g/mol. The molecule has 2 aromatic carbocycles. The molecule has 0 aliphatic heterocycles. The molecule has 9 heteroatoms. The van der Waals surface area contributed by atoms with Gasteiger partial charge in [-0.15, -0.1) is 5.10 Å². The number of imidazole rings is 1. The summed E-state index contributed by atoms with van der Waals surface area (Å²) < 4.78 is 24.4. The van der Waals surface area contributed by atoms with Gasteiger partial charge in [0, 0.05) is 17.8 Å². The van der Waals surface area contributed by atoms with Crippen LogP contribution in [0.15, 0.2) is 53.1 Å². The van der Waals surface area contributed by atoms with Crippen LogP contribution in [0.25, 0.3) is 27.4 Å². The lowest BCUT2D eigenvalue weighted by Gasteiger charge is -2.09. The second-order valence-electron chi connectivity index (χ2n) is 6.61. The first-order valence-electron chi connectivity index (χ1n) is 9.12. The number of methoxy groups -OCH3 is 2. The molecule has 0 radical (unpaired) electrons. The van der Waals surface area contributed by atoms with Gasteiger partial charge in [-0.3, -0.25) is 0 Å². The Morgan fingerprint density at radius 3 is 2.80 bits per heavy atom. The summed E-state index contributed by atoms with van der Waals surface area (Å²) in [6.07, 6.45) is 1.80. The fourth-order valence-electron chi connectivity index (χ4n) is 3.17. The van der Waals surface area contributed by atoms with Gasteiger partial charge < -0.3 is 24.4 Å². The summed E-state index contributed by atoms with van der Waals surface area (Å²) in [6.45, 7) is 0.373. The third-order valence-corrected chi connectivity index (χ3v) is 5.49. The van der Waals surface area contributed by atoms with Crippen LogP contribution in [0.3, 0.4) is 0 Å². The molecule has 3 aromatic heterocycles. The molecule has 0 aliphatic rings. The number of nitrogen functional groups attached to an aromatic ring is 1. The summed E-state index contributed by atoms with van der Waals surface area (Å²) >= 11 is 1.36. The maximum atomic E-state index is 6.08.